The molecule has 0 unspecified atom stereocenters. The number of benzene rings is 3. The molecule has 3 aromatic carbocycles. The summed E-state index contributed by atoms with van der Waals surface area (Å²) in [4.78, 5) is 9.73. The van der Waals surface area contributed by atoms with Gasteiger partial charge in [0.15, 0.2) is 5.82 Å². The van der Waals surface area contributed by atoms with Crippen LogP contribution < -0.4 is 10.6 Å². The zero-order valence-corrected chi connectivity index (χ0v) is 17.9. The van der Waals surface area contributed by atoms with Crippen LogP contribution in [0, 0.1) is 6.92 Å². The predicted octanol–water partition coefficient (Wildman–Crippen LogP) is 6.09. The van der Waals surface area contributed by atoms with Gasteiger partial charge in [-0.1, -0.05) is 47.5 Å². The predicted molar refractivity (Wildman–Crippen MR) is 124 cm³/mol. The Morgan fingerprint density at radius 2 is 1.69 bits per heavy atom. The zero-order chi connectivity index (χ0) is 20.4. The summed E-state index contributed by atoms with van der Waals surface area (Å²) in [5.41, 5.74) is 3.03. The second kappa shape index (κ2) is 8.54. The quantitative estimate of drug-likeness (QED) is 0.367. The molecule has 4 rings (SSSR count). The first-order valence-corrected chi connectivity index (χ1v) is 10.4. The van der Waals surface area contributed by atoms with E-state index in [-0.39, 0.29) is 0 Å². The first-order valence-electron chi connectivity index (χ1n) is 9.62. The van der Waals surface area contributed by atoms with Crippen molar-refractivity contribution in [1.29, 1.82) is 0 Å². The van der Waals surface area contributed by atoms with E-state index in [2.05, 4.69) is 35.8 Å². The number of nitrogens with zero attached hydrogens (tertiary/aromatic N) is 2. The number of aryl methyl sites for hydroxylation is 1. The largest absolute Gasteiger partial charge is 0.369 e. The lowest BCUT2D eigenvalue weighted by molar-refractivity contribution is 0.747. The third-order valence-corrected chi connectivity index (χ3v) is 5.68. The number of anilines is 1. The SMILES string of the molecule is CNCCCNc1nc(-c2ccc3cc(Cl)c(Cl)cc3c2)nc2c(C)cccc12. The molecule has 0 spiro atoms. The van der Waals surface area contributed by atoms with Crippen molar-refractivity contribution in [3.63, 3.8) is 0 Å². The zero-order valence-electron chi connectivity index (χ0n) is 16.4. The van der Waals surface area contributed by atoms with Crippen molar-refractivity contribution in [2.75, 3.05) is 25.5 Å². The van der Waals surface area contributed by atoms with E-state index >= 15 is 0 Å². The second-order valence-electron chi connectivity index (χ2n) is 7.08. The van der Waals surface area contributed by atoms with Crippen LogP contribution >= 0.6 is 23.2 Å². The lowest BCUT2D eigenvalue weighted by atomic mass is 10.1. The normalized spacial score (nSPS) is 11.3. The van der Waals surface area contributed by atoms with Crippen molar-refractivity contribution in [2.24, 2.45) is 0 Å². The molecule has 0 atom stereocenters. The Hall–Kier alpha value is -2.40. The molecule has 0 aliphatic carbocycles. The monoisotopic (exact) mass is 424 g/mol. The average molecular weight is 425 g/mol. The number of para-hydroxylation sites is 1. The summed E-state index contributed by atoms with van der Waals surface area (Å²) < 4.78 is 0. The van der Waals surface area contributed by atoms with Gasteiger partial charge < -0.3 is 10.6 Å². The summed E-state index contributed by atoms with van der Waals surface area (Å²) in [6.07, 6.45) is 1.01. The maximum absolute atomic E-state index is 6.21. The molecule has 4 nitrogen and oxygen atoms in total. The van der Waals surface area contributed by atoms with Gasteiger partial charge in [0.25, 0.3) is 0 Å². The van der Waals surface area contributed by atoms with Crippen LogP contribution in [-0.4, -0.2) is 30.1 Å². The van der Waals surface area contributed by atoms with E-state index in [0.717, 1.165) is 58.1 Å². The molecule has 1 heterocycles. The number of fused-ring (bicyclic) bond motifs is 2. The van der Waals surface area contributed by atoms with Crippen molar-refractivity contribution in [1.82, 2.24) is 15.3 Å². The van der Waals surface area contributed by atoms with E-state index in [1.54, 1.807) is 0 Å². The van der Waals surface area contributed by atoms with Gasteiger partial charge >= 0.3 is 0 Å². The van der Waals surface area contributed by atoms with E-state index in [9.17, 15) is 0 Å². The first-order chi connectivity index (χ1) is 14.1. The van der Waals surface area contributed by atoms with Crippen molar-refractivity contribution < 1.29 is 0 Å². The van der Waals surface area contributed by atoms with Crippen LogP contribution in [0.3, 0.4) is 0 Å². The molecule has 0 aliphatic rings. The molecule has 6 heteroatoms. The summed E-state index contributed by atoms with van der Waals surface area (Å²) in [7, 11) is 1.96. The summed E-state index contributed by atoms with van der Waals surface area (Å²) in [6.45, 7) is 3.87. The number of hydrogen-bond donors (Lipinski definition) is 2. The van der Waals surface area contributed by atoms with Crippen LogP contribution in [0.5, 0.6) is 0 Å². The highest BCUT2D eigenvalue weighted by Gasteiger charge is 2.12. The highest BCUT2D eigenvalue weighted by atomic mass is 35.5. The minimum atomic E-state index is 0.540. The smallest absolute Gasteiger partial charge is 0.162 e. The topological polar surface area (TPSA) is 49.8 Å². The Morgan fingerprint density at radius 3 is 2.48 bits per heavy atom. The number of halogens is 2. The molecule has 0 fully saturated rings. The third-order valence-electron chi connectivity index (χ3n) is 4.96. The Morgan fingerprint density at radius 1 is 0.897 bits per heavy atom. The van der Waals surface area contributed by atoms with Crippen LogP contribution in [0.2, 0.25) is 10.0 Å². The molecule has 0 aliphatic heterocycles. The van der Waals surface area contributed by atoms with E-state index in [1.165, 1.54) is 0 Å². The van der Waals surface area contributed by atoms with E-state index < -0.39 is 0 Å². The van der Waals surface area contributed by atoms with Gasteiger partial charge in [-0.2, -0.15) is 0 Å². The fourth-order valence-corrected chi connectivity index (χ4v) is 3.76. The van der Waals surface area contributed by atoms with Crippen molar-refractivity contribution in [3.05, 3.63) is 64.1 Å². The molecular formula is C23H22Cl2N4. The number of aromatic nitrogens is 2. The minimum absolute atomic E-state index is 0.540. The van der Waals surface area contributed by atoms with Crippen LogP contribution in [0.4, 0.5) is 5.82 Å². The number of nitrogens with one attached hydrogen (secondary N) is 2. The Balaban J connectivity index is 1.81. The fraction of sp³-hybridized carbons (Fsp3) is 0.217. The van der Waals surface area contributed by atoms with Gasteiger partial charge in [0.2, 0.25) is 0 Å². The molecule has 0 saturated carbocycles. The lowest BCUT2D eigenvalue weighted by Crippen LogP contribution is -2.14. The minimum Gasteiger partial charge on any atom is -0.369 e. The van der Waals surface area contributed by atoms with Gasteiger partial charge in [0.1, 0.15) is 5.82 Å². The van der Waals surface area contributed by atoms with Gasteiger partial charge in [0, 0.05) is 17.5 Å². The van der Waals surface area contributed by atoms with Crippen LogP contribution in [0.15, 0.2) is 48.5 Å². The molecule has 0 bridgehead atoms. The van der Waals surface area contributed by atoms with Gasteiger partial charge in [-0.3, -0.25) is 0 Å². The number of rotatable bonds is 6. The van der Waals surface area contributed by atoms with Crippen LogP contribution in [0.25, 0.3) is 33.1 Å². The Labute approximate surface area is 180 Å². The van der Waals surface area contributed by atoms with Crippen molar-refractivity contribution >= 4 is 50.7 Å². The van der Waals surface area contributed by atoms with E-state index in [4.69, 9.17) is 33.2 Å². The highest BCUT2D eigenvalue weighted by Crippen LogP contribution is 2.32. The highest BCUT2D eigenvalue weighted by molar-refractivity contribution is 6.42. The van der Waals surface area contributed by atoms with Crippen molar-refractivity contribution in [2.45, 2.75) is 13.3 Å². The van der Waals surface area contributed by atoms with Gasteiger partial charge in [-0.05, 0) is 67.5 Å². The maximum atomic E-state index is 6.21. The Kier molecular flexibility index (Phi) is 5.86. The van der Waals surface area contributed by atoms with E-state index in [1.807, 2.05) is 37.4 Å². The molecule has 0 saturated heterocycles. The van der Waals surface area contributed by atoms with Gasteiger partial charge in [-0.25, -0.2) is 9.97 Å². The second-order valence-corrected chi connectivity index (χ2v) is 7.89. The van der Waals surface area contributed by atoms with E-state index in [0.29, 0.717) is 15.9 Å². The molecule has 1 aromatic heterocycles. The van der Waals surface area contributed by atoms with Gasteiger partial charge in [0.05, 0.1) is 15.6 Å². The molecule has 29 heavy (non-hydrogen) atoms. The summed E-state index contributed by atoms with van der Waals surface area (Å²) in [5.74, 6) is 1.55. The molecule has 4 aromatic rings. The molecule has 148 valence electrons. The van der Waals surface area contributed by atoms with Crippen molar-refractivity contribution in [3.8, 4) is 11.4 Å². The molecule has 0 radical (unpaired) electrons. The lowest BCUT2D eigenvalue weighted by Gasteiger charge is -2.13. The summed E-state index contributed by atoms with van der Waals surface area (Å²) in [6, 6.07) is 16.0. The molecule has 2 N–H and O–H groups in total. The Bertz CT molecular complexity index is 1190. The molecular weight excluding hydrogens is 403 g/mol. The third kappa shape index (κ3) is 4.15. The maximum Gasteiger partial charge on any atom is 0.162 e. The standard InChI is InChI=1S/C23H22Cl2N4/c1-14-5-3-6-18-21(14)28-22(29-23(18)27-10-4-9-26-2)16-8-7-15-12-19(24)20(25)13-17(15)11-16/h3,5-8,11-13,26H,4,9-10H2,1-2H3,(H,27,28,29). The number of hydrogen-bond acceptors (Lipinski definition) is 4. The van der Waals surface area contributed by atoms with Crippen LogP contribution in [0.1, 0.15) is 12.0 Å². The average Bonchev–Trinajstić information content (AvgIpc) is 2.72. The van der Waals surface area contributed by atoms with Crippen LogP contribution in [-0.2, 0) is 0 Å². The summed E-state index contributed by atoms with van der Waals surface area (Å²) >= 11 is 12.4. The van der Waals surface area contributed by atoms with Gasteiger partial charge in [-0.15, -0.1) is 0 Å². The molecule has 0 amide bonds. The first kappa shape index (κ1) is 19.9. The fourth-order valence-electron chi connectivity index (χ4n) is 3.41. The summed E-state index contributed by atoms with van der Waals surface area (Å²) in [5, 5.41) is 10.8.